The van der Waals surface area contributed by atoms with Crippen molar-refractivity contribution >= 4 is 23.3 Å². The van der Waals surface area contributed by atoms with Crippen molar-refractivity contribution in [2.75, 3.05) is 11.9 Å². The van der Waals surface area contributed by atoms with Gasteiger partial charge >= 0.3 is 6.18 Å². The number of halogens is 3. The van der Waals surface area contributed by atoms with E-state index in [0.717, 1.165) is 32.1 Å². The second-order valence-corrected chi connectivity index (χ2v) is 12.3. The van der Waals surface area contributed by atoms with Crippen LogP contribution in [0.2, 0.25) is 0 Å². The summed E-state index contributed by atoms with van der Waals surface area (Å²) >= 11 is 0. The van der Waals surface area contributed by atoms with Crippen molar-refractivity contribution in [2.24, 2.45) is 16.9 Å². The molecule has 9 nitrogen and oxygen atoms in total. The summed E-state index contributed by atoms with van der Waals surface area (Å²) in [5.41, 5.74) is 9.70. The van der Waals surface area contributed by atoms with Crippen LogP contribution in [0.25, 0.3) is 5.69 Å². The maximum absolute atomic E-state index is 14.0. The Hall–Kier alpha value is -3.41. The highest BCUT2D eigenvalue weighted by Crippen LogP contribution is 2.48. The van der Waals surface area contributed by atoms with Crippen LogP contribution in [0.5, 0.6) is 0 Å². The maximum atomic E-state index is 14.0. The molecule has 5 rings (SSSR count). The Morgan fingerprint density at radius 1 is 1.20 bits per heavy atom. The van der Waals surface area contributed by atoms with Crippen LogP contribution in [0.1, 0.15) is 97.3 Å². The number of nitrogens with one attached hydrogen (secondary N) is 2. The number of carbonyl (C=O) groups is 3. The molecule has 0 aliphatic heterocycles. The molecule has 1 aromatic carbocycles. The smallest absolute Gasteiger partial charge is 0.382 e. The number of hydrogen-bond donors (Lipinski definition) is 4. The number of hydrogen-bond acceptors (Lipinski definition) is 6. The molecular formula is C29H36F3N6O3. The zero-order chi connectivity index (χ0) is 29.7. The number of nitrogens with zero attached hydrogens (tertiary/aromatic N) is 2. The molecule has 2 atom stereocenters. The molecule has 2 amide bonds. The zero-order valence-corrected chi connectivity index (χ0v) is 23.3. The molecule has 6 N–H and O–H groups in total. The highest BCUT2D eigenvalue weighted by atomic mass is 19.4. The van der Waals surface area contributed by atoms with Crippen molar-refractivity contribution in [2.45, 2.75) is 89.4 Å². The number of amides is 2. The normalized spacial score (nSPS) is 24.0. The third kappa shape index (κ3) is 5.58. The first-order chi connectivity index (χ1) is 19.2. The van der Waals surface area contributed by atoms with Gasteiger partial charge in [0.15, 0.2) is 11.5 Å². The second kappa shape index (κ2) is 10.5. The Bertz CT molecular complexity index is 1380. The standard InChI is InChI=1S/C29H36F3N6O3/c1-27(2)14-21-24(22(39)15-27)25(29(30,31)32)37-38(21)18-7-8-19(26(34)41)20(12-18)35-17-6-5-16-4-3-10-28(16,13-17)36-23(40)9-11-33/h7-8,12,17,35H,3-6,9-11,13-15,33H2,1-2H3,(H2,34,41)(H,36,40). The van der Waals surface area contributed by atoms with Crippen molar-refractivity contribution in [3.8, 4) is 5.69 Å². The van der Waals surface area contributed by atoms with Gasteiger partial charge < -0.3 is 22.1 Å². The minimum atomic E-state index is -4.80. The average molecular weight is 574 g/mol. The third-order valence-corrected chi connectivity index (χ3v) is 8.58. The summed E-state index contributed by atoms with van der Waals surface area (Å²) in [7, 11) is 0. The van der Waals surface area contributed by atoms with Crippen molar-refractivity contribution < 1.29 is 27.6 Å². The number of rotatable bonds is 7. The first-order valence-corrected chi connectivity index (χ1v) is 14.0. The highest BCUT2D eigenvalue weighted by molar-refractivity contribution is 6.00. The largest absolute Gasteiger partial charge is 0.435 e. The Balaban J connectivity index is 1.51. The molecule has 0 saturated heterocycles. The molecular weight excluding hydrogens is 537 g/mol. The van der Waals surface area contributed by atoms with Gasteiger partial charge in [0.25, 0.3) is 5.91 Å². The molecule has 2 fully saturated rings. The molecule has 3 aliphatic carbocycles. The number of fused-ring (bicyclic) bond motifs is 2. The average Bonchev–Trinajstić information content (AvgIpc) is 3.44. The molecule has 2 unspecified atom stereocenters. The number of primary amides is 1. The fourth-order valence-corrected chi connectivity index (χ4v) is 6.87. The van der Waals surface area contributed by atoms with Crippen LogP contribution in [0, 0.1) is 11.3 Å². The van der Waals surface area contributed by atoms with Gasteiger partial charge in [0, 0.05) is 42.6 Å². The minimum absolute atomic E-state index is 0.00749. The lowest BCUT2D eigenvalue weighted by atomic mass is 9.72. The molecule has 0 bridgehead atoms. The van der Waals surface area contributed by atoms with Crippen LogP contribution >= 0.6 is 0 Å². The van der Waals surface area contributed by atoms with Crippen LogP contribution < -0.4 is 22.1 Å². The number of aromatic nitrogens is 2. The van der Waals surface area contributed by atoms with E-state index in [0.29, 0.717) is 12.1 Å². The Labute approximate surface area is 236 Å². The van der Waals surface area contributed by atoms with Crippen molar-refractivity contribution in [3.63, 3.8) is 0 Å². The Kier molecular flexibility index (Phi) is 7.42. The fourth-order valence-electron chi connectivity index (χ4n) is 6.87. The lowest BCUT2D eigenvalue weighted by Gasteiger charge is -2.44. The summed E-state index contributed by atoms with van der Waals surface area (Å²) in [6, 6.07) is 4.38. The lowest BCUT2D eigenvalue weighted by Crippen LogP contribution is -2.55. The molecule has 41 heavy (non-hydrogen) atoms. The van der Waals surface area contributed by atoms with Crippen LogP contribution in [-0.2, 0) is 17.4 Å². The molecule has 2 saturated carbocycles. The van der Waals surface area contributed by atoms with Crippen molar-refractivity contribution in [1.29, 1.82) is 0 Å². The van der Waals surface area contributed by atoms with Gasteiger partial charge in [-0.25, -0.2) is 4.68 Å². The topological polar surface area (TPSA) is 145 Å². The lowest BCUT2D eigenvalue weighted by molar-refractivity contribution is -0.141. The summed E-state index contributed by atoms with van der Waals surface area (Å²) in [6.07, 6.45) is 0.510. The molecule has 3 aliphatic rings. The van der Waals surface area contributed by atoms with Gasteiger partial charge in [-0.05, 0) is 62.1 Å². The summed E-state index contributed by atoms with van der Waals surface area (Å²) in [5, 5.41) is 10.5. The SMILES string of the molecule is CC1(C)CC(=O)c2c(C(F)(F)F)nn(-c3ccc(C(N)=O)c(NC4CC[C]5CCCC5(NC(=O)CCN)C4)c3)c2C1. The molecule has 221 valence electrons. The van der Waals surface area contributed by atoms with E-state index in [2.05, 4.69) is 15.7 Å². The molecule has 0 spiro atoms. The summed E-state index contributed by atoms with van der Waals surface area (Å²) in [5.74, 6) is -0.0767. The number of carbonyl (C=O) groups excluding carboxylic acids is 3. The minimum Gasteiger partial charge on any atom is -0.382 e. The predicted octanol–water partition coefficient (Wildman–Crippen LogP) is 4.07. The Morgan fingerprint density at radius 2 is 1.95 bits per heavy atom. The first-order valence-electron chi connectivity index (χ1n) is 14.0. The van der Waals surface area contributed by atoms with E-state index in [1.54, 1.807) is 6.07 Å². The van der Waals surface area contributed by atoms with Gasteiger partial charge in [0.2, 0.25) is 5.91 Å². The van der Waals surface area contributed by atoms with Gasteiger partial charge in [-0.15, -0.1) is 0 Å². The van der Waals surface area contributed by atoms with Crippen LogP contribution in [0.3, 0.4) is 0 Å². The fraction of sp³-hybridized carbons (Fsp3) is 0.552. The van der Waals surface area contributed by atoms with Crippen LogP contribution in [0.4, 0.5) is 18.9 Å². The Morgan fingerprint density at radius 3 is 2.63 bits per heavy atom. The quantitative estimate of drug-likeness (QED) is 0.393. The molecule has 12 heteroatoms. The molecule has 1 radical (unpaired) electrons. The van der Waals surface area contributed by atoms with E-state index >= 15 is 0 Å². The highest BCUT2D eigenvalue weighted by Gasteiger charge is 2.49. The van der Waals surface area contributed by atoms with E-state index in [4.69, 9.17) is 11.5 Å². The van der Waals surface area contributed by atoms with E-state index in [1.807, 2.05) is 13.8 Å². The number of benzene rings is 1. The van der Waals surface area contributed by atoms with Gasteiger partial charge in [-0.3, -0.25) is 14.4 Å². The first kappa shape index (κ1) is 29.1. The summed E-state index contributed by atoms with van der Waals surface area (Å²) < 4.78 is 43.1. The van der Waals surface area contributed by atoms with Gasteiger partial charge in [-0.2, -0.15) is 18.3 Å². The number of nitrogens with two attached hydrogens (primary N) is 2. The van der Waals surface area contributed by atoms with Crippen molar-refractivity contribution in [3.05, 3.63) is 46.6 Å². The van der Waals surface area contributed by atoms with E-state index in [-0.39, 0.29) is 54.7 Å². The molecule has 1 aromatic heterocycles. The van der Waals surface area contributed by atoms with Gasteiger partial charge in [0.1, 0.15) is 0 Å². The number of ketones is 1. The molecule has 2 aromatic rings. The number of Topliss-reactive ketones (excluding diaryl/α,β-unsaturated/α-hetero) is 1. The third-order valence-electron chi connectivity index (χ3n) is 8.58. The number of alkyl halides is 3. The van der Waals surface area contributed by atoms with Crippen LogP contribution in [0.15, 0.2) is 18.2 Å². The summed E-state index contributed by atoms with van der Waals surface area (Å²) in [6.45, 7) is 3.92. The summed E-state index contributed by atoms with van der Waals surface area (Å²) in [4.78, 5) is 37.7. The van der Waals surface area contributed by atoms with E-state index < -0.39 is 40.1 Å². The monoisotopic (exact) mass is 573 g/mol. The molecule has 1 heterocycles. The van der Waals surface area contributed by atoms with Gasteiger partial charge in [-0.1, -0.05) is 20.3 Å². The predicted molar refractivity (Wildman–Crippen MR) is 146 cm³/mol. The van der Waals surface area contributed by atoms with E-state index in [9.17, 15) is 27.6 Å². The van der Waals surface area contributed by atoms with Gasteiger partial charge in [0.05, 0.1) is 22.5 Å². The number of anilines is 1. The second-order valence-electron chi connectivity index (χ2n) is 12.3. The maximum Gasteiger partial charge on any atom is 0.435 e. The van der Waals surface area contributed by atoms with Crippen LogP contribution in [-0.4, -0.2) is 45.5 Å². The zero-order valence-electron chi connectivity index (χ0n) is 23.3. The van der Waals surface area contributed by atoms with E-state index in [1.165, 1.54) is 22.7 Å². The van der Waals surface area contributed by atoms with Crippen molar-refractivity contribution in [1.82, 2.24) is 15.1 Å².